The van der Waals surface area contributed by atoms with Crippen LogP contribution >= 0.6 is 23.4 Å². The molecular weight excluding hydrogens is 260 g/mol. The summed E-state index contributed by atoms with van der Waals surface area (Å²) in [6, 6.07) is 0. The summed E-state index contributed by atoms with van der Waals surface area (Å²) in [5.74, 6) is 0.948. The molecule has 1 aromatic heterocycles. The van der Waals surface area contributed by atoms with Crippen LogP contribution in [0, 0.1) is 0 Å². The van der Waals surface area contributed by atoms with E-state index in [4.69, 9.17) is 16.3 Å². The largest absolute Gasteiger partial charge is 0.383 e. The molecule has 96 valence electrons. The van der Waals surface area contributed by atoms with E-state index in [-0.39, 0.29) is 5.25 Å². The summed E-state index contributed by atoms with van der Waals surface area (Å²) >= 11 is 7.93. The van der Waals surface area contributed by atoms with Crippen LogP contribution in [-0.4, -0.2) is 39.6 Å². The van der Waals surface area contributed by atoms with E-state index in [1.807, 2.05) is 6.92 Å². The average Bonchev–Trinajstić information content (AvgIpc) is 2.82. The van der Waals surface area contributed by atoms with Crippen molar-refractivity contribution in [3.63, 3.8) is 0 Å². The third-order valence-corrected chi connectivity index (χ3v) is 4.84. The fourth-order valence-electron chi connectivity index (χ4n) is 2.18. The van der Waals surface area contributed by atoms with Crippen molar-refractivity contribution in [3.8, 4) is 0 Å². The molecule has 0 radical (unpaired) electrons. The second kappa shape index (κ2) is 5.18. The minimum Gasteiger partial charge on any atom is -0.383 e. The van der Waals surface area contributed by atoms with Gasteiger partial charge in [0.15, 0.2) is 0 Å². The molecule has 2 heterocycles. The zero-order chi connectivity index (χ0) is 12.5. The monoisotopic (exact) mass is 276 g/mol. The first-order valence-corrected chi connectivity index (χ1v) is 7.07. The van der Waals surface area contributed by atoms with Crippen molar-refractivity contribution in [1.29, 1.82) is 0 Å². The first-order valence-electron chi connectivity index (χ1n) is 5.64. The number of methoxy groups -OCH3 is 1. The van der Waals surface area contributed by atoms with E-state index in [2.05, 4.69) is 5.10 Å². The van der Waals surface area contributed by atoms with Crippen LogP contribution in [0.1, 0.15) is 19.0 Å². The standard InChI is InChI=1S/C11H17ClN2O2S/c1-8-11(15,3-6-17-8)10-9(12)7-13-14(10)4-5-16-2/h7-8,15H,3-6H2,1-2H3. The van der Waals surface area contributed by atoms with Crippen molar-refractivity contribution in [2.75, 3.05) is 19.5 Å². The lowest BCUT2D eigenvalue weighted by Crippen LogP contribution is -2.35. The van der Waals surface area contributed by atoms with Crippen LogP contribution in [0.25, 0.3) is 0 Å². The van der Waals surface area contributed by atoms with E-state index < -0.39 is 5.60 Å². The number of ether oxygens (including phenoxy) is 1. The van der Waals surface area contributed by atoms with E-state index in [0.717, 1.165) is 17.9 Å². The van der Waals surface area contributed by atoms with Gasteiger partial charge in [0, 0.05) is 12.4 Å². The van der Waals surface area contributed by atoms with E-state index in [0.29, 0.717) is 18.2 Å². The van der Waals surface area contributed by atoms with Gasteiger partial charge in [-0.05, 0) is 12.2 Å². The number of halogens is 1. The summed E-state index contributed by atoms with van der Waals surface area (Å²) in [4.78, 5) is 0. The third-order valence-electron chi connectivity index (χ3n) is 3.24. The van der Waals surface area contributed by atoms with Gasteiger partial charge in [-0.3, -0.25) is 4.68 Å². The van der Waals surface area contributed by atoms with Gasteiger partial charge in [0.25, 0.3) is 0 Å². The zero-order valence-corrected chi connectivity index (χ0v) is 11.6. The molecule has 1 N–H and O–H groups in total. The molecule has 1 aliphatic heterocycles. The fourth-order valence-corrected chi connectivity index (χ4v) is 3.78. The molecule has 1 aromatic rings. The Balaban J connectivity index is 2.33. The molecule has 17 heavy (non-hydrogen) atoms. The van der Waals surface area contributed by atoms with Gasteiger partial charge in [0.1, 0.15) is 5.60 Å². The molecule has 1 fully saturated rings. The van der Waals surface area contributed by atoms with Gasteiger partial charge < -0.3 is 9.84 Å². The third kappa shape index (κ3) is 2.34. The Hall–Kier alpha value is -0.230. The van der Waals surface area contributed by atoms with Gasteiger partial charge in [-0.15, -0.1) is 0 Å². The topological polar surface area (TPSA) is 47.3 Å². The van der Waals surface area contributed by atoms with Gasteiger partial charge in [-0.1, -0.05) is 18.5 Å². The van der Waals surface area contributed by atoms with Gasteiger partial charge in [-0.25, -0.2) is 0 Å². The van der Waals surface area contributed by atoms with Crippen LogP contribution in [0.15, 0.2) is 6.20 Å². The van der Waals surface area contributed by atoms with Crippen LogP contribution in [0.2, 0.25) is 5.02 Å². The predicted octanol–water partition coefficient (Wildman–Crippen LogP) is 1.90. The van der Waals surface area contributed by atoms with Crippen molar-refractivity contribution in [3.05, 3.63) is 16.9 Å². The highest BCUT2D eigenvalue weighted by molar-refractivity contribution is 8.00. The Morgan fingerprint density at radius 3 is 3.12 bits per heavy atom. The van der Waals surface area contributed by atoms with Crippen LogP contribution in [0.5, 0.6) is 0 Å². The van der Waals surface area contributed by atoms with Crippen molar-refractivity contribution < 1.29 is 9.84 Å². The maximum atomic E-state index is 10.8. The lowest BCUT2D eigenvalue weighted by molar-refractivity contribution is 0.0319. The molecule has 6 heteroatoms. The highest BCUT2D eigenvalue weighted by atomic mass is 35.5. The summed E-state index contributed by atoms with van der Waals surface area (Å²) in [6.07, 6.45) is 2.32. The lowest BCUT2D eigenvalue weighted by Gasteiger charge is -2.28. The summed E-state index contributed by atoms with van der Waals surface area (Å²) in [6.45, 7) is 3.20. The molecule has 0 bridgehead atoms. The molecule has 0 aromatic carbocycles. The molecule has 0 amide bonds. The number of aliphatic hydroxyl groups is 1. The summed E-state index contributed by atoms with van der Waals surface area (Å²) in [7, 11) is 1.65. The number of aromatic nitrogens is 2. The Bertz CT molecular complexity index is 399. The minimum absolute atomic E-state index is 0.137. The number of nitrogens with zero attached hydrogens (tertiary/aromatic N) is 2. The molecule has 4 nitrogen and oxygen atoms in total. The Kier molecular flexibility index (Phi) is 4.02. The number of hydrogen-bond acceptors (Lipinski definition) is 4. The van der Waals surface area contributed by atoms with Crippen LogP contribution in [0.4, 0.5) is 0 Å². The van der Waals surface area contributed by atoms with Crippen LogP contribution in [-0.2, 0) is 16.9 Å². The maximum Gasteiger partial charge on any atom is 0.120 e. The highest BCUT2D eigenvalue weighted by Gasteiger charge is 2.44. The van der Waals surface area contributed by atoms with Crippen LogP contribution < -0.4 is 0 Å². The number of hydrogen-bond donors (Lipinski definition) is 1. The second-order valence-corrected chi connectivity index (χ2v) is 6.10. The molecule has 0 aliphatic carbocycles. The van der Waals surface area contributed by atoms with Crippen molar-refractivity contribution in [1.82, 2.24) is 9.78 Å². The lowest BCUT2D eigenvalue weighted by atomic mass is 9.93. The predicted molar refractivity (Wildman–Crippen MR) is 69.5 cm³/mol. The maximum absolute atomic E-state index is 10.8. The van der Waals surface area contributed by atoms with E-state index in [9.17, 15) is 5.11 Å². The molecular formula is C11H17ClN2O2S. The molecule has 1 aliphatic rings. The first-order chi connectivity index (χ1) is 8.09. The van der Waals surface area contributed by atoms with Crippen LogP contribution in [0.3, 0.4) is 0 Å². The Labute approximate surface area is 110 Å². The smallest absolute Gasteiger partial charge is 0.120 e. The zero-order valence-electron chi connectivity index (χ0n) is 10.0. The summed E-state index contributed by atoms with van der Waals surface area (Å²) in [5, 5.41) is 15.7. The Morgan fingerprint density at radius 2 is 2.53 bits per heavy atom. The molecule has 2 rings (SSSR count). The normalized spacial score (nSPS) is 28.8. The van der Waals surface area contributed by atoms with Gasteiger partial charge in [-0.2, -0.15) is 16.9 Å². The minimum atomic E-state index is -0.869. The van der Waals surface area contributed by atoms with Gasteiger partial charge >= 0.3 is 0 Å². The van der Waals surface area contributed by atoms with Crippen molar-refractivity contribution in [2.24, 2.45) is 0 Å². The van der Waals surface area contributed by atoms with Gasteiger partial charge in [0.05, 0.1) is 30.1 Å². The number of rotatable bonds is 4. The SMILES string of the molecule is COCCn1ncc(Cl)c1C1(O)CCSC1C. The first kappa shape index (κ1) is 13.2. The molecule has 2 unspecified atom stereocenters. The van der Waals surface area contributed by atoms with Gasteiger partial charge in [0.2, 0.25) is 0 Å². The number of thioether (sulfide) groups is 1. The van der Waals surface area contributed by atoms with E-state index >= 15 is 0 Å². The quantitative estimate of drug-likeness (QED) is 0.912. The van der Waals surface area contributed by atoms with E-state index in [1.54, 1.807) is 29.8 Å². The molecule has 0 spiro atoms. The summed E-state index contributed by atoms with van der Waals surface area (Å²) < 4.78 is 6.80. The molecule has 1 saturated heterocycles. The molecule has 2 atom stereocenters. The summed E-state index contributed by atoms with van der Waals surface area (Å²) in [5.41, 5.74) is -0.139. The Morgan fingerprint density at radius 1 is 1.76 bits per heavy atom. The van der Waals surface area contributed by atoms with Crippen molar-refractivity contribution >= 4 is 23.4 Å². The average molecular weight is 277 g/mol. The highest BCUT2D eigenvalue weighted by Crippen LogP contribution is 2.45. The fraction of sp³-hybridized carbons (Fsp3) is 0.727. The van der Waals surface area contributed by atoms with Crippen molar-refractivity contribution in [2.45, 2.75) is 30.7 Å². The van der Waals surface area contributed by atoms with E-state index in [1.165, 1.54) is 0 Å². The second-order valence-electron chi connectivity index (χ2n) is 4.24. The molecule has 0 saturated carbocycles.